The highest BCUT2D eigenvalue weighted by molar-refractivity contribution is 6.05. The number of aromatic nitrogens is 3. The normalized spacial score (nSPS) is 11.6. The molecule has 2 aromatic carbocycles. The molecule has 8 heteroatoms. The summed E-state index contributed by atoms with van der Waals surface area (Å²) in [6.07, 6.45) is -1.09. The van der Waals surface area contributed by atoms with Crippen molar-refractivity contribution in [1.82, 2.24) is 15.0 Å². The van der Waals surface area contributed by atoms with E-state index < -0.39 is 18.0 Å². The van der Waals surface area contributed by atoms with Gasteiger partial charge in [-0.1, -0.05) is 30.3 Å². The smallest absolute Gasteiger partial charge is 0.361 e. The molecule has 1 heterocycles. The molecule has 1 aromatic heterocycles. The quantitative estimate of drug-likeness (QED) is 0.511. The van der Waals surface area contributed by atoms with E-state index in [1.54, 1.807) is 43.3 Å². The van der Waals surface area contributed by atoms with Gasteiger partial charge in [-0.25, -0.2) is 4.79 Å². The first kappa shape index (κ1) is 19.9. The van der Waals surface area contributed by atoms with Gasteiger partial charge >= 0.3 is 5.97 Å². The van der Waals surface area contributed by atoms with Gasteiger partial charge in [0.1, 0.15) is 0 Å². The Labute approximate surface area is 167 Å². The molecule has 0 saturated heterocycles. The molecule has 0 aliphatic rings. The highest BCUT2D eigenvalue weighted by Crippen LogP contribution is 2.17. The molecule has 1 N–H and O–H groups in total. The lowest BCUT2D eigenvalue weighted by Crippen LogP contribution is -2.30. The zero-order valence-corrected chi connectivity index (χ0v) is 16.2. The molecule has 0 unspecified atom stereocenters. The standard InChI is InChI=1S/C21H20N4O4/c1-13-19(24-25(23-13)16-9-5-4-6-10-16)21(28)29-15(3)20(27)22-18-12-8-7-11-17(18)14(2)26/h4-12,15H,1-3H3,(H,22,27)/t15-/m0/s1. The third-order valence-corrected chi connectivity index (χ3v) is 4.18. The lowest BCUT2D eigenvalue weighted by atomic mass is 10.1. The molecule has 0 fully saturated rings. The van der Waals surface area contributed by atoms with Gasteiger partial charge in [-0.15, -0.1) is 5.10 Å². The monoisotopic (exact) mass is 392 g/mol. The second-order valence-corrected chi connectivity index (χ2v) is 6.40. The SMILES string of the molecule is CC(=O)c1ccccc1NC(=O)[C@H](C)OC(=O)c1nn(-c2ccccc2)nc1C. The van der Waals surface area contributed by atoms with E-state index in [2.05, 4.69) is 15.5 Å². The van der Waals surface area contributed by atoms with E-state index in [9.17, 15) is 14.4 Å². The fourth-order valence-electron chi connectivity index (χ4n) is 2.65. The highest BCUT2D eigenvalue weighted by atomic mass is 16.5. The molecule has 0 radical (unpaired) electrons. The van der Waals surface area contributed by atoms with Crippen LogP contribution in [0.2, 0.25) is 0 Å². The van der Waals surface area contributed by atoms with Crippen LogP contribution in [0.1, 0.15) is 40.4 Å². The molecule has 148 valence electrons. The Balaban J connectivity index is 1.70. The fraction of sp³-hybridized carbons (Fsp3) is 0.190. The Kier molecular flexibility index (Phi) is 5.82. The maximum absolute atomic E-state index is 12.5. The van der Waals surface area contributed by atoms with Crippen LogP contribution in [-0.2, 0) is 9.53 Å². The number of para-hydroxylation sites is 2. The zero-order chi connectivity index (χ0) is 21.0. The minimum absolute atomic E-state index is 0.0256. The van der Waals surface area contributed by atoms with Crippen LogP contribution in [0.15, 0.2) is 54.6 Å². The summed E-state index contributed by atoms with van der Waals surface area (Å²) in [5, 5.41) is 11.0. The van der Waals surface area contributed by atoms with Gasteiger partial charge in [-0.2, -0.15) is 9.90 Å². The number of nitrogens with zero attached hydrogens (tertiary/aromatic N) is 3. The van der Waals surface area contributed by atoms with Gasteiger partial charge < -0.3 is 10.1 Å². The third-order valence-electron chi connectivity index (χ3n) is 4.18. The van der Waals surface area contributed by atoms with E-state index >= 15 is 0 Å². The Morgan fingerprint density at radius 2 is 1.66 bits per heavy atom. The van der Waals surface area contributed by atoms with Gasteiger partial charge in [-0.3, -0.25) is 9.59 Å². The molecule has 0 bridgehead atoms. The fourth-order valence-corrected chi connectivity index (χ4v) is 2.65. The molecule has 3 aromatic rings. The van der Waals surface area contributed by atoms with Gasteiger partial charge in [0.15, 0.2) is 17.6 Å². The molecule has 0 aliphatic carbocycles. The van der Waals surface area contributed by atoms with Gasteiger partial charge in [0, 0.05) is 5.56 Å². The Bertz CT molecular complexity index is 1060. The molecule has 3 rings (SSSR count). The summed E-state index contributed by atoms with van der Waals surface area (Å²) in [5.41, 5.74) is 1.84. The number of ether oxygens (including phenoxy) is 1. The summed E-state index contributed by atoms with van der Waals surface area (Å²) in [5.74, 6) is -1.49. The van der Waals surface area contributed by atoms with E-state index in [1.807, 2.05) is 18.2 Å². The van der Waals surface area contributed by atoms with Crippen molar-refractivity contribution < 1.29 is 19.1 Å². The van der Waals surface area contributed by atoms with Crippen molar-refractivity contribution in [3.05, 3.63) is 71.5 Å². The van der Waals surface area contributed by atoms with Crippen LogP contribution in [0.3, 0.4) is 0 Å². The maximum atomic E-state index is 12.5. The van der Waals surface area contributed by atoms with Crippen molar-refractivity contribution in [2.75, 3.05) is 5.32 Å². The van der Waals surface area contributed by atoms with Gasteiger partial charge in [0.05, 0.1) is 17.1 Å². The van der Waals surface area contributed by atoms with Crippen molar-refractivity contribution in [2.24, 2.45) is 0 Å². The van der Waals surface area contributed by atoms with E-state index in [1.165, 1.54) is 18.6 Å². The van der Waals surface area contributed by atoms with E-state index in [4.69, 9.17) is 4.74 Å². The van der Waals surface area contributed by atoms with Crippen molar-refractivity contribution in [3.63, 3.8) is 0 Å². The van der Waals surface area contributed by atoms with Crippen molar-refractivity contribution in [2.45, 2.75) is 26.9 Å². The lowest BCUT2D eigenvalue weighted by molar-refractivity contribution is -0.123. The van der Waals surface area contributed by atoms with Crippen LogP contribution >= 0.6 is 0 Å². The number of nitrogens with one attached hydrogen (secondary N) is 1. The lowest BCUT2D eigenvalue weighted by Gasteiger charge is -2.14. The second kappa shape index (κ2) is 8.47. The number of esters is 1. The maximum Gasteiger partial charge on any atom is 0.361 e. The van der Waals surface area contributed by atoms with Crippen LogP contribution in [0, 0.1) is 6.92 Å². The van der Waals surface area contributed by atoms with Crippen LogP contribution in [0.5, 0.6) is 0 Å². The number of Topliss-reactive ketones (excluding diaryl/α,β-unsaturated/α-hetero) is 1. The number of rotatable bonds is 6. The number of hydrogen-bond acceptors (Lipinski definition) is 6. The Hall–Kier alpha value is -3.81. The zero-order valence-electron chi connectivity index (χ0n) is 16.2. The largest absolute Gasteiger partial charge is 0.448 e. The average Bonchev–Trinajstić information content (AvgIpc) is 3.10. The van der Waals surface area contributed by atoms with E-state index in [-0.39, 0.29) is 11.5 Å². The number of anilines is 1. The molecule has 1 amide bonds. The van der Waals surface area contributed by atoms with Crippen LogP contribution in [0.4, 0.5) is 5.69 Å². The summed E-state index contributed by atoms with van der Waals surface area (Å²) in [7, 11) is 0. The van der Waals surface area contributed by atoms with Gasteiger partial charge in [0.25, 0.3) is 5.91 Å². The summed E-state index contributed by atoms with van der Waals surface area (Å²) < 4.78 is 5.25. The summed E-state index contributed by atoms with van der Waals surface area (Å²) in [4.78, 5) is 37.9. The minimum atomic E-state index is -1.09. The first-order valence-electron chi connectivity index (χ1n) is 8.98. The van der Waals surface area contributed by atoms with Gasteiger partial charge in [-0.05, 0) is 45.0 Å². The Morgan fingerprint density at radius 1 is 1.00 bits per heavy atom. The molecule has 0 saturated carbocycles. The van der Waals surface area contributed by atoms with Crippen molar-refractivity contribution in [3.8, 4) is 5.69 Å². The molecular formula is C21H20N4O4. The molecule has 29 heavy (non-hydrogen) atoms. The average molecular weight is 392 g/mol. The van der Waals surface area contributed by atoms with Crippen molar-refractivity contribution >= 4 is 23.3 Å². The predicted molar refractivity (Wildman–Crippen MR) is 106 cm³/mol. The Morgan fingerprint density at radius 3 is 2.34 bits per heavy atom. The first-order valence-corrected chi connectivity index (χ1v) is 8.98. The number of carbonyl (C=O) groups is 3. The number of ketones is 1. The molecule has 1 atom stereocenters. The van der Waals surface area contributed by atoms with Crippen LogP contribution < -0.4 is 5.32 Å². The molecule has 8 nitrogen and oxygen atoms in total. The number of aryl methyl sites for hydroxylation is 1. The summed E-state index contributed by atoms with van der Waals surface area (Å²) in [6, 6.07) is 15.7. The minimum Gasteiger partial charge on any atom is -0.448 e. The third kappa shape index (κ3) is 4.55. The van der Waals surface area contributed by atoms with E-state index in [0.29, 0.717) is 22.6 Å². The number of carbonyl (C=O) groups excluding carboxylic acids is 3. The number of hydrogen-bond donors (Lipinski definition) is 1. The summed E-state index contributed by atoms with van der Waals surface area (Å²) >= 11 is 0. The van der Waals surface area contributed by atoms with E-state index in [0.717, 1.165) is 0 Å². The van der Waals surface area contributed by atoms with Crippen LogP contribution in [-0.4, -0.2) is 38.8 Å². The molecular weight excluding hydrogens is 372 g/mol. The van der Waals surface area contributed by atoms with Crippen molar-refractivity contribution in [1.29, 1.82) is 0 Å². The highest BCUT2D eigenvalue weighted by Gasteiger charge is 2.24. The molecule has 0 aliphatic heterocycles. The molecule has 0 spiro atoms. The van der Waals surface area contributed by atoms with Crippen LogP contribution in [0.25, 0.3) is 5.69 Å². The second-order valence-electron chi connectivity index (χ2n) is 6.40. The topological polar surface area (TPSA) is 103 Å². The first-order chi connectivity index (χ1) is 13.9. The number of benzene rings is 2. The summed E-state index contributed by atoms with van der Waals surface area (Å²) in [6.45, 7) is 4.49. The van der Waals surface area contributed by atoms with Gasteiger partial charge in [0.2, 0.25) is 0 Å². The number of amides is 1. The predicted octanol–water partition coefficient (Wildman–Crippen LogP) is 2.96.